The van der Waals surface area contributed by atoms with Crippen molar-refractivity contribution in [3.63, 3.8) is 0 Å². The van der Waals surface area contributed by atoms with Gasteiger partial charge in [0.15, 0.2) is 0 Å². The first-order chi connectivity index (χ1) is 5.29. The largest absolute Gasteiger partial charge is 0.469 e. The number of hydrogen-bond donors (Lipinski definition) is 2. The third kappa shape index (κ3) is 1.61. The molecule has 0 aromatic carbocycles. The van der Waals surface area contributed by atoms with Crippen molar-refractivity contribution < 1.29 is 9.52 Å². The Bertz CT molecular complexity index is 220. The Labute approximate surface area is 65.8 Å². The van der Waals surface area contributed by atoms with Crippen LogP contribution in [0.1, 0.15) is 24.3 Å². The van der Waals surface area contributed by atoms with Crippen molar-refractivity contribution in [3.05, 3.63) is 23.7 Å². The predicted molar refractivity (Wildman–Crippen MR) is 42.1 cm³/mol. The zero-order valence-corrected chi connectivity index (χ0v) is 6.58. The summed E-state index contributed by atoms with van der Waals surface area (Å²) < 4.78 is 5.15. The predicted octanol–water partition coefficient (Wildman–Crippen LogP) is 0.834. The summed E-state index contributed by atoms with van der Waals surface area (Å²) in [4.78, 5) is 0. The summed E-state index contributed by atoms with van der Waals surface area (Å²) in [5, 5.41) is 8.76. The van der Waals surface area contributed by atoms with Crippen LogP contribution in [0.15, 0.2) is 16.7 Å². The molecule has 0 aliphatic carbocycles. The maximum absolute atomic E-state index is 8.76. The fourth-order valence-electron chi connectivity index (χ4n) is 1.07. The lowest BCUT2D eigenvalue weighted by atomic mass is 10.1. The van der Waals surface area contributed by atoms with Crippen LogP contribution in [-0.4, -0.2) is 11.7 Å². The quantitative estimate of drug-likeness (QED) is 0.679. The molecule has 0 radical (unpaired) electrons. The van der Waals surface area contributed by atoms with Crippen LogP contribution in [0.5, 0.6) is 0 Å². The molecule has 0 amide bonds. The molecule has 1 aromatic rings. The SMILES string of the molecule is CCc1occc1C(N)CO. The third-order valence-electron chi connectivity index (χ3n) is 1.70. The maximum atomic E-state index is 8.76. The lowest BCUT2D eigenvalue weighted by molar-refractivity contribution is 0.266. The fraction of sp³-hybridized carbons (Fsp3) is 0.500. The number of aliphatic hydroxyl groups is 1. The highest BCUT2D eigenvalue weighted by Gasteiger charge is 2.10. The zero-order valence-electron chi connectivity index (χ0n) is 6.58. The zero-order chi connectivity index (χ0) is 8.27. The second-order valence-electron chi connectivity index (χ2n) is 2.44. The standard InChI is InChI=1S/C8H13NO2/c1-2-8-6(3-4-11-8)7(9)5-10/h3-4,7,10H,2,5,9H2,1H3. The van der Waals surface area contributed by atoms with Gasteiger partial charge in [0.25, 0.3) is 0 Å². The van der Waals surface area contributed by atoms with Crippen LogP contribution in [0.2, 0.25) is 0 Å². The second-order valence-corrected chi connectivity index (χ2v) is 2.44. The van der Waals surface area contributed by atoms with E-state index in [1.807, 2.05) is 6.92 Å². The summed E-state index contributed by atoms with van der Waals surface area (Å²) in [5.74, 6) is 0.867. The summed E-state index contributed by atoms with van der Waals surface area (Å²) in [5.41, 5.74) is 6.52. The van der Waals surface area contributed by atoms with Crippen LogP contribution < -0.4 is 5.73 Å². The van der Waals surface area contributed by atoms with Crippen molar-refractivity contribution in [2.24, 2.45) is 5.73 Å². The van der Waals surface area contributed by atoms with E-state index in [4.69, 9.17) is 15.3 Å². The van der Waals surface area contributed by atoms with Crippen LogP contribution in [0, 0.1) is 0 Å². The Morgan fingerprint density at radius 1 is 1.73 bits per heavy atom. The van der Waals surface area contributed by atoms with Gasteiger partial charge in [-0.25, -0.2) is 0 Å². The lowest BCUT2D eigenvalue weighted by Crippen LogP contribution is -2.14. The lowest BCUT2D eigenvalue weighted by Gasteiger charge is -2.06. The molecule has 3 nitrogen and oxygen atoms in total. The molecule has 3 heteroatoms. The van der Waals surface area contributed by atoms with Gasteiger partial charge in [-0.05, 0) is 6.07 Å². The molecule has 1 unspecified atom stereocenters. The number of aliphatic hydroxyl groups excluding tert-OH is 1. The molecule has 0 bridgehead atoms. The summed E-state index contributed by atoms with van der Waals surface area (Å²) in [7, 11) is 0. The average molecular weight is 155 g/mol. The average Bonchev–Trinajstić information content (AvgIpc) is 2.50. The molecule has 1 aromatic heterocycles. The second kappa shape index (κ2) is 3.55. The van der Waals surface area contributed by atoms with Crippen LogP contribution in [-0.2, 0) is 6.42 Å². The molecular formula is C8H13NO2. The van der Waals surface area contributed by atoms with Gasteiger partial charge in [-0.15, -0.1) is 0 Å². The van der Waals surface area contributed by atoms with E-state index in [0.29, 0.717) is 0 Å². The molecule has 0 spiro atoms. The van der Waals surface area contributed by atoms with E-state index in [1.54, 1.807) is 12.3 Å². The van der Waals surface area contributed by atoms with Gasteiger partial charge in [0.05, 0.1) is 18.9 Å². The summed E-state index contributed by atoms with van der Waals surface area (Å²) in [6, 6.07) is 1.50. The van der Waals surface area contributed by atoms with Gasteiger partial charge in [-0.1, -0.05) is 6.92 Å². The van der Waals surface area contributed by atoms with Gasteiger partial charge in [0.1, 0.15) is 5.76 Å². The van der Waals surface area contributed by atoms with Crippen molar-refractivity contribution in [1.29, 1.82) is 0 Å². The molecule has 1 heterocycles. The number of furan rings is 1. The highest BCUT2D eigenvalue weighted by atomic mass is 16.3. The topological polar surface area (TPSA) is 59.4 Å². The molecule has 0 saturated carbocycles. The molecule has 1 rings (SSSR count). The first-order valence-corrected chi connectivity index (χ1v) is 3.72. The van der Waals surface area contributed by atoms with Crippen molar-refractivity contribution in [2.45, 2.75) is 19.4 Å². The van der Waals surface area contributed by atoms with E-state index < -0.39 is 0 Å². The first-order valence-electron chi connectivity index (χ1n) is 3.72. The van der Waals surface area contributed by atoms with Crippen molar-refractivity contribution >= 4 is 0 Å². The van der Waals surface area contributed by atoms with Crippen LogP contribution in [0.3, 0.4) is 0 Å². The van der Waals surface area contributed by atoms with Gasteiger partial charge in [-0.3, -0.25) is 0 Å². The summed E-state index contributed by atoms with van der Waals surface area (Å²) in [6.07, 6.45) is 2.42. The van der Waals surface area contributed by atoms with Gasteiger partial charge in [0, 0.05) is 12.0 Å². The molecule has 0 aliphatic heterocycles. The number of aryl methyl sites for hydroxylation is 1. The minimum absolute atomic E-state index is 0.0352. The molecule has 0 saturated heterocycles. The number of nitrogens with two attached hydrogens (primary N) is 1. The fourth-order valence-corrected chi connectivity index (χ4v) is 1.07. The van der Waals surface area contributed by atoms with Gasteiger partial charge in [0.2, 0.25) is 0 Å². The minimum atomic E-state index is -0.302. The van der Waals surface area contributed by atoms with Gasteiger partial charge in [-0.2, -0.15) is 0 Å². The van der Waals surface area contributed by atoms with Crippen molar-refractivity contribution in [1.82, 2.24) is 0 Å². The van der Waals surface area contributed by atoms with Crippen LogP contribution in [0.4, 0.5) is 0 Å². The highest BCUT2D eigenvalue weighted by molar-refractivity contribution is 5.20. The Balaban J connectivity index is 2.83. The van der Waals surface area contributed by atoms with E-state index >= 15 is 0 Å². The molecule has 3 N–H and O–H groups in total. The van der Waals surface area contributed by atoms with Crippen LogP contribution in [0.25, 0.3) is 0 Å². The summed E-state index contributed by atoms with van der Waals surface area (Å²) in [6.45, 7) is 1.96. The van der Waals surface area contributed by atoms with Crippen molar-refractivity contribution in [3.8, 4) is 0 Å². The molecule has 1 atom stereocenters. The smallest absolute Gasteiger partial charge is 0.108 e. The normalized spacial score (nSPS) is 13.4. The molecule has 62 valence electrons. The van der Waals surface area contributed by atoms with E-state index in [1.165, 1.54) is 0 Å². The number of hydrogen-bond acceptors (Lipinski definition) is 3. The van der Waals surface area contributed by atoms with Gasteiger partial charge < -0.3 is 15.3 Å². The van der Waals surface area contributed by atoms with E-state index in [-0.39, 0.29) is 12.6 Å². The maximum Gasteiger partial charge on any atom is 0.108 e. The Hall–Kier alpha value is -0.800. The van der Waals surface area contributed by atoms with E-state index in [9.17, 15) is 0 Å². The Morgan fingerprint density at radius 2 is 2.45 bits per heavy atom. The third-order valence-corrected chi connectivity index (χ3v) is 1.70. The monoisotopic (exact) mass is 155 g/mol. The van der Waals surface area contributed by atoms with Gasteiger partial charge >= 0.3 is 0 Å². The molecule has 11 heavy (non-hydrogen) atoms. The van der Waals surface area contributed by atoms with Crippen molar-refractivity contribution in [2.75, 3.05) is 6.61 Å². The molecular weight excluding hydrogens is 142 g/mol. The number of rotatable bonds is 3. The van der Waals surface area contributed by atoms with E-state index in [0.717, 1.165) is 17.7 Å². The first kappa shape index (κ1) is 8.30. The minimum Gasteiger partial charge on any atom is -0.469 e. The van der Waals surface area contributed by atoms with Crippen LogP contribution >= 0.6 is 0 Å². The Kier molecular flexibility index (Phi) is 2.68. The highest BCUT2D eigenvalue weighted by Crippen LogP contribution is 2.17. The van der Waals surface area contributed by atoms with E-state index in [2.05, 4.69) is 0 Å². The molecule has 0 fully saturated rings. The molecule has 0 aliphatic rings. The summed E-state index contributed by atoms with van der Waals surface area (Å²) >= 11 is 0. The Morgan fingerprint density at radius 3 is 3.00 bits per heavy atom.